The lowest BCUT2D eigenvalue weighted by atomic mass is 10.1. The van der Waals surface area contributed by atoms with Crippen LogP contribution in [0.4, 0.5) is 5.69 Å². The summed E-state index contributed by atoms with van der Waals surface area (Å²) in [4.78, 5) is 25.5. The van der Waals surface area contributed by atoms with E-state index in [1.165, 1.54) is 0 Å². The first kappa shape index (κ1) is 17.1. The number of rotatable bonds is 5. The number of nitrogens with one attached hydrogen (secondary N) is 1. The predicted octanol–water partition coefficient (Wildman–Crippen LogP) is 2.13. The molecule has 2 aromatic carbocycles. The van der Waals surface area contributed by atoms with Crippen molar-refractivity contribution in [2.45, 2.75) is 6.42 Å². The minimum absolute atomic E-state index is 0.00127. The highest BCUT2D eigenvalue weighted by Gasteiger charge is 2.25. The fraction of sp³-hybridized carbons (Fsp3) is 0.222. The van der Waals surface area contributed by atoms with E-state index < -0.39 is 5.97 Å². The van der Waals surface area contributed by atoms with E-state index in [-0.39, 0.29) is 24.7 Å². The average molecular weight is 361 g/mol. The van der Waals surface area contributed by atoms with Gasteiger partial charge in [0.15, 0.2) is 5.75 Å². The van der Waals surface area contributed by atoms with Gasteiger partial charge in [0.05, 0.1) is 12.2 Å². The van der Waals surface area contributed by atoms with Gasteiger partial charge in [-0.25, -0.2) is 4.79 Å². The van der Waals surface area contributed by atoms with Crippen LogP contribution in [0.15, 0.2) is 42.5 Å². The molecule has 0 aliphatic carbocycles. The second-order valence-electron chi connectivity index (χ2n) is 5.71. The number of esters is 1. The number of benzene rings is 2. The van der Waals surface area contributed by atoms with Crippen LogP contribution in [0, 0.1) is 0 Å². The Bertz CT molecular complexity index is 792. The summed E-state index contributed by atoms with van der Waals surface area (Å²) in [6, 6.07) is 11.8. The summed E-state index contributed by atoms with van der Waals surface area (Å²) in [6.07, 6.45) is 0.649. The molecule has 7 heteroatoms. The molecule has 0 spiro atoms. The zero-order chi connectivity index (χ0) is 17.8. The summed E-state index contributed by atoms with van der Waals surface area (Å²) in [5.74, 6) is 0.00533. The van der Waals surface area contributed by atoms with Gasteiger partial charge in [0, 0.05) is 11.6 Å². The third-order valence-corrected chi connectivity index (χ3v) is 4.05. The quantitative estimate of drug-likeness (QED) is 0.631. The van der Waals surface area contributed by atoms with Gasteiger partial charge < -0.3 is 20.1 Å². The largest absolute Gasteiger partial charge is 0.508 e. The maximum Gasteiger partial charge on any atom is 0.331 e. The lowest BCUT2D eigenvalue weighted by molar-refractivity contribution is -0.133. The van der Waals surface area contributed by atoms with E-state index in [0.29, 0.717) is 29.4 Å². The normalized spacial score (nSPS) is 13.2. The Hall–Kier alpha value is -2.73. The van der Waals surface area contributed by atoms with Crippen LogP contribution in [0.2, 0.25) is 5.02 Å². The Morgan fingerprint density at radius 1 is 1.24 bits per heavy atom. The van der Waals surface area contributed by atoms with Gasteiger partial charge in [-0.15, -0.1) is 0 Å². The van der Waals surface area contributed by atoms with Crippen LogP contribution >= 0.6 is 11.6 Å². The Balaban J connectivity index is 1.57. The number of anilines is 1. The molecule has 130 valence electrons. The van der Waals surface area contributed by atoms with E-state index in [1.54, 1.807) is 47.4 Å². The van der Waals surface area contributed by atoms with Crippen molar-refractivity contribution in [3.05, 3.63) is 53.1 Å². The number of hydrogen-bond donors (Lipinski definition) is 2. The number of amides is 1. The van der Waals surface area contributed by atoms with Crippen molar-refractivity contribution < 1.29 is 19.4 Å². The Morgan fingerprint density at radius 2 is 2.00 bits per heavy atom. The maximum atomic E-state index is 12.2. The molecule has 1 heterocycles. The van der Waals surface area contributed by atoms with Crippen molar-refractivity contribution in [2.24, 2.45) is 0 Å². The maximum absolute atomic E-state index is 12.2. The van der Waals surface area contributed by atoms with E-state index in [2.05, 4.69) is 5.32 Å². The van der Waals surface area contributed by atoms with Crippen molar-refractivity contribution in [3.8, 4) is 11.5 Å². The highest BCUT2D eigenvalue weighted by molar-refractivity contribution is 6.31. The number of nitrogens with zero attached hydrogens (tertiary/aromatic N) is 1. The van der Waals surface area contributed by atoms with Crippen molar-refractivity contribution in [3.63, 3.8) is 0 Å². The van der Waals surface area contributed by atoms with Gasteiger partial charge in [0.2, 0.25) is 5.91 Å². The van der Waals surface area contributed by atoms with E-state index in [4.69, 9.17) is 16.3 Å². The number of phenolic OH excluding ortho intramolecular Hbond substituents is 1. The SMILES string of the molecule is O=C(CN1CC(=O)Oc2ccc(Cl)cc21)NCCc1ccc(O)cc1. The van der Waals surface area contributed by atoms with Crippen LogP contribution in [-0.2, 0) is 16.0 Å². The highest BCUT2D eigenvalue weighted by Crippen LogP contribution is 2.34. The van der Waals surface area contributed by atoms with Crippen LogP contribution < -0.4 is 15.0 Å². The van der Waals surface area contributed by atoms with Gasteiger partial charge in [0.25, 0.3) is 0 Å². The third-order valence-electron chi connectivity index (χ3n) is 3.81. The molecular weight excluding hydrogens is 344 g/mol. The Labute approximate surface area is 150 Å². The van der Waals surface area contributed by atoms with E-state index in [1.807, 2.05) is 0 Å². The van der Waals surface area contributed by atoms with Crippen molar-refractivity contribution in [1.82, 2.24) is 5.32 Å². The number of fused-ring (bicyclic) bond motifs is 1. The first-order valence-corrected chi connectivity index (χ1v) is 8.19. The smallest absolute Gasteiger partial charge is 0.331 e. The Kier molecular flexibility index (Phi) is 5.09. The number of halogens is 1. The summed E-state index contributed by atoms with van der Waals surface area (Å²) in [6.45, 7) is 0.501. The van der Waals surface area contributed by atoms with Gasteiger partial charge in [-0.05, 0) is 42.3 Å². The van der Waals surface area contributed by atoms with Crippen LogP contribution in [0.25, 0.3) is 0 Å². The number of hydrogen-bond acceptors (Lipinski definition) is 5. The van der Waals surface area contributed by atoms with E-state index >= 15 is 0 Å². The third kappa shape index (κ3) is 4.42. The monoisotopic (exact) mass is 360 g/mol. The minimum Gasteiger partial charge on any atom is -0.508 e. The molecule has 2 N–H and O–H groups in total. The van der Waals surface area contributed by atoms with Crippen LogP contribution in [-0.4, -0.2) is 36.6 Å². The zero-order valence-electron chi connectivity index (χ0n) is 13.4. The summed E-state index contributed by atoms with van der Waals surface area (Å²) in [5.41, 5.74) is 1.64. The van der Waals surface area contributed by atoms with Gasteiger partial charge in [-0.1, -0.05) is 23.7 Å². The number of ether oxygens (including phenoxy) is 1. The molecule has 1 amide bonds. The molecule has 0 atom stereocenters. The predicted molar refractivity (Wildman–Crippen MR) is 94.1 cm³/mol. The standard InChI is InChI=1S/C18H17ClN2O4/c19-13-3-6-16-15(9-13)21(11-18(24)25-16)10-17(23)20-8-7-12-1-4-14(22)5-2-12/h1-6,9,22H,7-8,10-11H2,(H,20,23). The molecule has 6 nitrogen and oxygen atoms in total. The van der Waals surface area contributed by atoms with Gasteiger partial charge in [0.1, 0.15) is 12.3 Å². The number of carbonyl (C=O) groups excluding carboxylic acids is 2. The lowest BCUT2D eigenvalue weighted by Crippen LogP contribution is -2.43. The molecule has 0 unspecified atom stereocenters. The highest BCUT2D eigenvalue weighted by atomic mass is 35.5. The summed E-state index contributed by atoms with van der Waals surface area (Å²) >= 11 is 5.99. The molecule has 2 aromatic rings. The minimum atomic E-state index is -0.410. The first-order chi connectivity index (χ1) is 12.0. The van der Waals surface area contributed by atoms with Crippen molar-refractivity contribution in [2.75, 3.05) is 24.5 Å². The van der Waals surface area contributed by atoms with Crippen molar-refractivity contribution >= 4 is 29.2 Å². The van der Waals surface area contributed by atoms with Crippen LogP contribution in [0.1, 0.15) is 5.56 Å². The number of aromatic hydroxyl groups is 1. The van der Waals surface area contributed by atoms with E-state index in [0.717, 1.165) is 5.56 Å². The topological polar surface area (TPSA) is 78.9 Å². The number of phenols is 1. The second kappa shape index (κ2) is 7.44. The first-order valence-electron chi connectivity index (χ1n) is 7.81. The fourth-order valence-corrected chi connectivity index (χ4v) is 2.77. The Morgan fingerprint density at radius 3 is 2.76 bits per heavy atom. The average Bonchev–Trinajstić information content (AvgIpc) is 2.57. The molecule has 0 bridgehead atoms. The van der Waals surface area contributed by atoms with Gasteiger partial charge in [-0.3, -0.25) is 4.79 Å². The van der Waals surface area contributed by atoms with Crippen LogP contribution in [0.5, 0.6) is 11.5 Å². The molecule has 0 saturated carbocycles. The molecule has 0 radical (unpaired) electrons. The fourth-order valence-electron chi connectivity index (χ4n) is 2.60. The molecule has 1 aliphatic rings. The molecule has 0 saturated heterocycles. The zero-order valence-corrected chi connectivity index (χ0v) is 14.1. The number of carbonyl (C=O) groups is 2. The molecule has 0 fully saturated rings. The molecule has 1 aliphatic heterocycles. The van der Waals surface area contributed by atoms with E-state index in [9.17, 15) is 14.7 Å². The van der Waals surface area contributed by atoms with Crippen molar-refractivity contribution in [1.29, 1.82) is 0 Å². The van der Waals surface area contributed by atoms with Gasteiger partial charge in [-0.2, -0.15) is 0 Å². The van der Waals surface area contributed by atoms with Gasteiger partial charge >= 0.3 is 5.97 Å². The second-order valence-corrected chi connectivity index (χ2v) is 6.15. The molecule has 25 heavy (non-hydrogen) atoms. The van der Waals surface area contributed by atoms with Crippen LogP contribution in [0.3, 0.4) is 0 Å². The molecule has 0 aromatic heterocycles. The lowest BCUT2D eigenvalue weighted by Gasteiger charge is -2.29. The molecule has 3 rings (SSSR count). The summed E-state index contributed by atoms with van der Waals surface area (Å²) < 4.78 is 5.16. The molecular formula is C18H17ClN2O4. The summed E-state index contributed by atoms with van der Waals surface area (Å²) in [5, 5.41) is 12.6. The summed E-state index contributed by atoms with van der Waals surface area (Å²) in [7, 11) is 0.